The number of anilines is 1. The van der Waals surface area contributed by atoms with Crippen molar-refractivity contribution in [2.45, 2.75) is 19.3 Å². The van der Waals surface area contributed by atoms with Gasteiger partial charge in [-0.15, -0.1) is 0 Å². The molecule has 1 heterocycles. The van der Waals surface area contributed by atoms with Gasteiger partial charge in [-0.2, -0.15) is 0 Å². The molecule has 1 aromatic rings. The molecule has 0 bridgehead atoms. The Morgan fingerprint density at radius 2 is 2.28 bits per heavy atom. The Hall–Kier alpha value is -0.870. The lowest BCUT2D eigenvalue weighted by Gasteiger charge is -2.29. The zero-order valence-electron chi connectivity index (χ0n) is 10.7. The lowest BCUT2D eigenvalue weighted by atomic mass is 9.95. The predicted molar refractivity (Wildman–Crippen MR) is 77.6 cm³/mol. The van der Waals surface area contributed by atoms with Gasteiger partial charge in [0.1, 0.15) is 0 Å². The number of carbonyl (C=O) groups is 1. The summed E-state index contributed by atoms with van der Waals surface area (Å²) >= 11 is 3.44. The number of nitrogens with zero attached hydrogens (tertiary/aromatic N) is 1. The molecule has 0 aliphatic carbocycles. The molecule has 3 nitrogen and oxygen atoms in total. The van der Waals surface area contributed by atoms with E-state index in [4.69, 9.17) is 0 Å². The number of hydrogen-bond donors (Lipinski definition) is 1. The highest BCUT2D eigenvalue weighted by Gasteiger charge is 2.20. The molecule has 1 aromatic carbocycles. The smallest absolute Gasteiger partial charge is 0.224 e. The number of rotatable bonds is 3. The zero-order chi connectivity index (χ0) is 13.0. The first-order valence-corrected chi connectivity index (χ1v) is 7.17. The van der Waals surface area contributed by atoms with Crippen LogP contribution in [0.1, 0.15) is 19.3 Å². The zero-order valence-corrected chi connectivity index (χ0v) is 12.2. The fourth-order valence-corrected chi connectivity index (χ4v) is 2.85. The molecule has 1 fully saturated rings. The Morgan fingerprint density at radius 1 is 1.50 bits per heavy atom. The van der Waals surface area contributed by atoms with Gasteiger partial charge in [0.25, 0.3) is 0 Å². The van der Waals surface area contributed by atoms with E-state index in [0.717, 1.165) is 29.7 Å². The molecule has 1 atom stereocenters. The fraction of sp³-hybridized carbons (Fsp3) is 0.500. The highest BCUT2D eigenvalue weighted by atomic mass is 79.9. The van der Waals surface area contributed by atoms with Gasteiger partial charge in [0, 0.05) is 17.4 Å². The second-order valence-electron chi connectivity index (χ2n) is 5.00. The summed E-state index contributed by atoms with van der Waals surface area (Å²) in [6.07, 6.45) is 2.98. The molecule has 0 aromatic heterocycles. The number of hydrogen-bond acceptors (Lipinski definition) is 2. The molecule has 1 amide bonds. The third-order valence-electron chi connectivity index (χ3n) is 3.34. The number of likely N-dealkylation sites (tertiary alicyclic amines) is 1. The lowest BCUT2D eigenvalue weighted by Crippen LogP contribution is -2.34. The van der Waals surface area contributed by atoms with E-state index in [0.29, 0.717) is 12.3 Å². The van der Waals surface area contributed by atoms with Crippen LogP contribution in [-0.2, 0) is 4.79 Å². The van der Waals surface area contributed by atoms with Crippen LogP contribution in [0.5, 0.6) is 0 Å². The summed E-state index contributed by atoms with van der Waals surface area (Å²) in [5.74, 6) is 0.605. The molecular formula is C14H19BrN2O. The Kier molecular flexibility index (Phi) is 4.78. The predicted octanol–water partition coefficient (Wildman–Crippen LogP) is 3.12. The van der Waals surface area contributed by atoms with Gasteiger partial charge in [0.15, 0.2) is 0 Å². The fourth-order valence-electron chi connectivity index (χ4n) is 2.47. The number of nitrogens with one attached hydrogen (secondary N) is 1. The van der Waals surface area contributed by atoms with Crippen molar-refractivity contribution in [3.8, 4) is 0 Å². The summed E-state index contributed by atoms with van der Waals surface area (Å²) in [5, 5.41) is 2.97. The minimum absolute atomic E-state index is 0.113. The number of carbonyl (C=O) groups excluding carboxylic acids is 1. The van der Waals surface area contributed by atoms with Crippen LogP contribution in [0.3, 0.4) is 0 Å². The summed E-state index contributed by atoms with van der Waals surface area (Å²) in [4.78, 5) is 14.3. The number of piperidine rings is 1. The third-order valence-corrected chi connectivity index (χ3v) is 4.04. The Morgan fingerprint density at radius 3 is 3.00 bits per heavy atom. The van der Waals surface area contributed by atoms with Crippen molar-refractivity contribution in [2.24, 2.45) is 5.92 Å². The van der Waals surface area contributed by atoms with E-state index in [1.807, 2.05) is 24.3 Å². The quantitative estimate of drug-likeness (QED) is 0.930. The van der Waals surface area contributed by atoms with Crippen LogP contribution in [0.15, 0.2) is 28.7 Å². The third kappa shape index (κ3) is 3.82. The first-order valence-electron chi connectivity index (χ1n) is 6.38. The van der Waals surface area contributed by atoms with Gasteiger partial charge in [-0.05, 0) is 60.4 Å². The highest BCUT2D eigenvalue weighted by Crippen LogP contribution is 2.23. The molecule has 1 N–H and O–H groups in total. The van der Waals surface area contributed by atoms with Crippen molar-refractivity contribution in [3.05, 3.63) is 28.7 Å². The van der Waals surface area contributed by atoms with Crippen LogP contribution in [0.4, 0.5) is 5.69 Å². The van der Waals surface area contributed by atoms with Crippen LogP contribution < -0.4 is 5.32 Å². The van der Waals surface area contributed by atoms with Crippen LogP contribution in [0.2, 0.25) is 0 Å². The molecule has 4 heteroatoms. The largest absolute Gasteiger partial charge is 0.325 e. The van der Waals surface area contributed by atoms with Crippen LogP contribution in [-0.4, -0.2) is 30.9 Å². The van der Waals surface area contributed by atoms with Gasteiger partial charge in [-0.25, -0.2) is 0 Å². The Balaban J connectivity index is 1.87. The summed E-state index contributed by atoms with van der Waals surface area (Å²) in [7, 11) is 2.12. The molecule has 1 aliphatic rings. The Labute approximate surface area is 117 Å². The molecule has 18 heavy (non-hydrogen) atoms. The van der Waals surface area contributed by atoms with Crippen LogP contribution in [0, 0.1) is 5.92 Å². The van der Waals surface area contributed by atoms with E-state index in [1.54, 1.807) is 0 Å². The standard InChI is InChI=1S/C14H19BrN2O/c1-17-8-4-5-11(10-17)9-14(18)16-13-7-3-2-6-12(13)15/h2-3,6-7,11H,4-5,8-10H2,1H3,(H,16,18). The van der Waals surface area contributed by atoms with E-state index in [2.05, 4.69) is 33.2 Å². The topological polar surface area (TPSA) is 32.3 Å². The molecular weight excluding hydrogens is 292 g/mol. The first kappa shape index (κ1) is 13.6. The molecule has 1 saturated heterocycles. The van der Waals surface area contributed by atoms with E-state index < -0.39 is 0 Å². The molecule has 2 rings (SSSR count). The number of halogens is 1. The number of benzene rings is 1. The first-order chi connectivity index (χ1) is 8.65. The van der Waals surface area contributed by atoms with Crippen molar-refractivity contribution < 1.29 is 4.79 Å². The van der Waals surface area contributed by atoms with Crippen molar-refractivity contribution in [2.75, 3.05) is 25.5 Å². The molecule has 0 spiro atoms. The number of amides is 1. The molecule has 0 radical (unpaired) electrons. The van der Waals surface area contributed by atoms with E-state index >= 15 is 0 Å². The van der Waals surface area contributed by atoms with E-state index in [9.17, 15) is 4.79 Å². The average Bonchev–Trinajstić information content (AvgIpc) is 2.32. The van der Waals surface area contributed by atoms with Crippen LogP contribution in [0.25, 0.3) is 0 Å². The second kappa shape index (κ2) is 6.34. The highest BCUT2D eigenvalue weighted by molar-refractivity contribution is 9.10. The number of para-hydroxylation sites is 1. The van der Waals surface area contributed by atoms with Crippen molar-refractivity contribution in [3.63, 3.8) is 0 Å². The normalized spacial score (nSPS) is 20.7. The maximum absolute atomic E-state index is 12.0. The minimum Gasteiger partial charge on any atom is -0.325 e. The summed E-state index contributed by atoms with van der Waals surface area (Å²) < 4.78 is 0.930. The molecule has 1 unspecified atom stereocenters. The van der Waals surface area contributed by atoms with Crippen molar-refractivity contribution in [1.82, 2.24) is 4.90 Å². The van der Waals surface area contributed by atoms with Gasteiger partial charge in [0.05, 0.1) is 5.69 Å². The van der Waals surface area contributed by atoms with Gasteiger partial charge in [-0.1, -0.05) is 12.1 Å². The van der Waals surface area contributed by atoms with E-state index in [-0.39, 0.29) is 5.91 Å². The summed E-state index contributed by atoms with van der Waals surface area (Å²) in [6, 6.07) is 7.71. The summed E-state index contributed by atoms with van der Waals surface area (Å²) in [6.45, 7) is 2.19. The maximum atomic E-state index is 12.0. The van der Waals surface area contributed by atoms with Crippen molar-refractivity contribution in [1.29, 1.82) is 0 Å². The SMILES string of the molecule is CN1CCCC(CC(=O)Nc2ccccc2Br)C1. The van der Waals surface area contributed by atoms with Gasteiger partial charge >= 0.3 is 0 Å². The molecule has 1 aliphatic heterocycles. The van der Waals surface area contributed by atoms with E-state index in [1.165, 1.54) is 6.42 Å². The van der Waals surface area contributed by atoms with Gasteiger partial charge in [-0.3, -0.25) is 4.79 Å². The average molecular weight is 311 g/mol. The van der Waals surface area contributed by atoms with Crippen LogP contribution >= 0.6 is 15.9 Å². The lowest BCUT2D eigenvalue weighted by molar-refractivity contribution is -0.117. The minimum atomic E-state index is 0.113. The second-order valence-corrected chi connectivity index (χ2v) is 5.86. The van der Waals surface area contributed by atoms with Gasteiger partial charge < -0.3 is 10.2 Å². The van der Waals surface area contributed by atoms with Gasteiger partial charge in [0.2, 0.25) is 5.91 Å². The summed E-state index contributed by atoms with van der Waals surface area (Å²) in [5.41, 5.74) is 0.853. The maximum Gasteiger partial charge on any atom is 0.224 e. The molecule has 0 saturated carbocycles. The Bertz CT molecular complexity index is 422. The monoisotopic (exact) mass is 310 g/mol. The van der Waals surface area contributed by atoms with Crippen molar-refractivity contribution >= 4 is 27.5 Å². The molecule has 98 valence electrons.